The van der Waals surface area contributed by atoms with Crippen molar-refractivity contribution in [1.82, 2.24) is 14.3 Å². The van der Waals surface area contributed by atoms with Gasteiger partial charge in [-0.05, 0) is 31.0 Å². The van der Waals surface area contributed by atoms with Crippen LogP contribution in [0.3, 0.4) is 0 Å². The van der Waals surface area contributed by atoms with Gasteiger partial charge in [0.05, 0.1) is 11.9 Å². The smallest absolute Gasteiger partial charge is 0.139 e. The van der Waals surface area contributed by atoms with E-state index in [1.807, 2.05) is 30.5 Å². The summed E-state index contributed by atoms with van der Waals surface area (Å²) in [4.78, 5) is 9.75. The van der Waals surface area contributed by atoms with E-state index in [4.69, 9.17) is 5.73 Å². The highest BCUT2D eigenvalue weighted by atomic mass is 15.3. The lowest BCUT2D eigenvalue weighted by molar-refractivity contribution is 0.248. The first-order chi connectivity index (χ1) is 12.3. The van der Waals surface area contributed by atoms with Gasteiger partial charge in [-0.3, -0.25) is 9.30 Å². The Morgan fingerprint density at radius 3 is 2.44 bits per heavy atom. The maximum absolute atomic E-state index is 5.80. The molecule has 1 saturated carbocycles. The van der Waals surface area contributed by atoms with Crippen molar-refractivity contribution in [3.05, 3.63) is 48.8 Å². The van der Waals surface area contributed by atoms with Gasteiger partial charge < -0.3 is 10.6 Å². The van der Waals surface area contributed by atoms with Gasteiger partial charge in [-0.25, -0.2) is 4.98 Å². The normalized spacial score (nSPS) is 18.8. The molecule has 128 valence electrons. The van der Waals surface area contributed by atoms with Crippen LogP contribution in [-0.4, -0.2) is 46.5 Å². The number of aromatic nitrogens is 2. The second-order valence-electron chi connectivity index (χ2n) is 7.13. The predicted octanol–water partition coefficient (Wildman–Crippen LogP) is 2.87. The van der Waals surface area contributed by atoms with Crippen LogP contribution in [0.15, 0.2) is 48.8 Å². The summed E-state index contributed by atoms with van der Waals surface area (Å²) in [6.07, 6.45) is 6.87. The van der Waals surface area contributed by atoms with E-state index in [1.165, 1.54) is 31.6 Å². The van der Waals surface area contributed by atoms with E-state index < -0.39 is 0 Å². The van der Waals surface area contributed by atoms with Crippen LogP contribution < -0.4 is 10.6 Å². The largest absolute Gasteiger partial charge is 0.399 e. The number of nitrogen functional groups attached to an aromatic ring is 1. The van der Waals surface area contributed by atoms with Crippen molar-refractivity contribution in [1.29, 1.82) is 0 Å². The Morgan fingerprint density at radius 2 is 1.72 bits per heavy atom. The van der Waals surface area contributed by atoms with Crippen LogP contribution in [0.1, 0.15) is 12.8 Å². The number of rotatable bonds is 3. The fraction of sp³-hybridized carbons (Fsp3) is 0.350. The molecule has 0 spiro atoms. The summed E-state index contributed by atoms with van der Waals surface area (Å²) in [6.45, 7) is 4.58. The van der Waals surface area contributed by atoms with Crippen molar-refractivity contribution in [3.8, 4) is 11.3 Å². The fourth-order valence-corrected chi connectivity index (χ4v) is 3.82. The minimum absolute atomic E-state index is 0.783. The number of benzene rings is 1. The van der Waals surface area contributed by atoms with E-state index in [2.05, 4.69) is 37.5 Å². The zero-order valence-corrected chi connectivity index (χ0v) is 14.3. The first-order valence-electron chi connectivity index (χ1n) is 9.10. The summed E-state index contributed by atoms with van der Waals surface area (Å²) in [5.41, 5.74) is 11.1. The van der Waals surface area contributed by atoms with E-state index in [9.17, 15) is 0 Å². The summed E-state index contributed by atoms with van der Waals surface area (Å²) in [5.74, 6) is 0. The second-order valence-corrected chi connectivity index (χ2v) is 7.13. The van der Waals surface area contributed by atoms with Gasteiger partial charge in [0, 0.05) is 61.4 Å². The van der Waals surface area contributed by atoms with Gasteiger partial charge in [0.15, 0.2) is 0 Å². The van der Waals surface area contributed by atoms with E-state index in [1.54, 1.807) is 0 Å². The molecule has 3 heterocycles. The zero-order chi connectivity index (χ0) is 16.8. The molecule has 2 fully saturated rings. The first kappa shape index (κ1) is 14.8. The van der Waals surface area contributed by atoms with E-state index in [0.717, 1.165) is 41.7 Å². The molecule has 5 rings (SSSR count). The van der Waals surface area contributed by atoms with Crippen LogP contribution >= 0.6 is 0 Å². The minimum Gasteiger partial charge on any atom is -0.399 e. The van der Waals surface area contributed by atoms with Gasteiger partial charge in [0.1, 0.15) is 5.65 Å². The third-order valence-electron chi connectivity index (χ3n) is 5.45. The molecule has 2 N–H and O–H groups in total. The Balaban J connectivity index is 1.40. The molecule has 2 aromatic heterocycles. The van der Waals surface area contributed by atoms with Crippen LogP contribution in [0.25, 0.3) is 16.9 Å². The maximum Gasteiger partial charge on any atom is 0.139 e. The minimum atomic E-state index is 0.783. The molecule has 0 unspecified atom stereocenters. The summed E-state index contributed by atoms with van der Waals surface area (Å²) >= 11 is 0. The molecule has 3 aromatic rings. The van der Waals surface area contributed by atoms with E-state index in [-0.39, 0.29) is 0 Å². The fourth-order valence-electron chi connectivity index (χ4n) is 3.82. The van der Waals surface area contributed by atoms with Gasteiger partial charge in [0.2, 0.25) is 0 Å². The predicted molar refractivity (Wildman–Crippen MR) is 102 cm³/mol. The molecular formula is C20H23N5. The molecule has 5 heteroatoms. The molecular weight excluding hydrogens is 310 g/mol. The van der Waals surface area contributed by atoms with Crippen molar-refractivity contribution in [2.24, 2.45) is 0 Å². The van der Waals surface area contributed by atoms with Crippen LogP contribution in [0.5, 0.6) is 0 Å². The number of piperazine rings is 1. The number of nitrogens with zero attached hydrogens (tertiary/aromatic N) is 4. The Morgan fingerprint density at radius 1 is 0.960 bits per heavy atom. The molecule has 0 amide bonds. The summed E-state index contributed by atoms with van der Waals surface area (Å²) in [5, 5.41) is 0. The Labute approximate surface area is 147 Å². The average molecular weight is 333 g/mol. The Hall–Kier alpha value is -2.53. The van der Waals surface area contributed by atoms with Gasteiger partial charge in [0.25, 0.3) is 0 Å². The van der Waals surface area contributed by atoms with Gasteiger partial charge in [-0.1, -0.05) is 12.1 Å². The van der Waals surface area contributed by atoms with Crippen molar-refractivity contribution in [3.63, 3.8) is 0 Å². The molecule has 0 radical (unpaired) electrons. The number of fused-ring (bicyclic) bond motifs is 1. The number of hydrogen-bond acceptors (Lipinski definition) is 4. The molecule has 0 bridgehead atoms. The molecule has 1 aliphatic carbocycles. The van der Waals surface area contributed by atoms with Crippen molar-refractivity contribution < 1.29 is 0 Å². The first-order valence-corrected chi connectivity index (χ1v) is 9.10. The highest BCUT2D eigenvalue weighted by Crippen LogP contribution is 2.29. The topological polar surface area (TPSA) is 49.8 Å². The second kappa shape index (κ2) is 5.77. The zero-order valence-electron chi connectivity index (χ0n) is 14.3. The lowest BCUT2D eigenvalue weighted by Gasteiger charge is -2.36. The quantitative estimate of drug-likeness (QED) is 0.749. The van der Waals surface area contributed by atoms with Gasteiger partial charge in [-0.2, -0.15) is 0 Å². The van der Waals surface area contributed by atoms with Crippen molar-refractivity contribution in [2.75, 3.05) is 36.8 Å². The third-order valence-corrected chi connectivity index (χ3v) is 5.45. The highest BCUT2D eigenvalue weighted by molar-refractivity contribution is 5.67. The molecule has 2 aliphatic rings. The molecule has 0 atom stereocenters. The van der Waals surface area contributed by atoms with Crippen LogP contribution in [0.4, 0.5) is 11.4 Å². The monoisotopic (exact) mass is 333 g/mol. The number of nitrogens with two attached hydrogens (primary N) is 1. The highest BCUT2D eigenvalue weighted by Gasteiger charge is 2.31. The van der Waals surface area contributed by atoms with Gasteiger partial charge in [-0.15, -0.1) is 0 Å². The summed E-state index contributed by atoms with van der Waals surface area (Å²) in [6, 6.07) is 13.2. The number of pyridine rings is 1. The van der Waals surface area contributed by atoms with Crippen LogP contribution in [0.2, 0.25) is 0 Å². The Bertz CT molecular complexity index is 886. The maximum atomic E-state index is 5.80. The van der Waals surface area contributed by atoms with E-state index in [0.29, 0.717) is 0 Å². The SMILES string of the molecule is Nc1ccc(-c2cnc3cc(N4CCN(C5CC5)CC4)ccn23)cc1. The number of imidazole rings is 1. The summed E-state index contributed by atoms with van der Waals surface area (Å²) < 4.78 is 2.15. The molecule has 25 heavy (non-hydrogen) atoms. The summed E-state index contributed by atoms with van der Waals surface area (Å²) in [7, 11) is 0. The third kappa shape index (κ3) is 2.74. The number of anilines is 2. The van der Waals surface area contributed by atoms with Gasteiger partial charge >= 0.3 is 0 Å². The standard InChI is InChI=1S/C20H23N5/c21-16-3-1-15(2-4-16)19-14-22-20-13-18(7-8-25(19)20)24-11-9-23(10-12-24)17-5-6-17/h1-4,7-8,13-14,17H,5-6,9-12,21H2. The number of hydrogen-bond donors (Lipinski definition) is 1. The molecule has 1 aliphatic heterocycles. The lowest BCUT2D eigenvalue weighted by atomic mass is 10.1. The van der Waals surface area contributed by atoms with Crippen molar-refractivity contribution >= 4 is 17.0 Å². The molecule has 1 aromatic carbocycles. The van der Waals surface area contributed by atoms with Crippen LogP contribution in [0, 0.1) is 0 Å². The van der Waals surface area contributed by atoms with E-state index >= 15 is 0 Å². The van der Waals surface area contributed by atoms with Crippen LogP contribution in [-0.2, 0) is 0 Å². The average Bonchev–Trinajstić information content (AvgIpc) is 3.42. The Kier molecular flexibility index (Phi) is 3.41. The molecule has 5 nitrogen and oxygen atoms in total. The molecule has 1 saturated heterocycles. The lowest BCUT2D eigenvalue weighted by Crippen LogP contribution is -2.47. The van der Waals surface area contributed by atoms with Crippen molar-refractivity contribution in [2.45, 2.75) is 18.9 Å².